The Morgan fingerprint density at radius 2 is 2.07 bits per heavy atom. The molecule has 1 aromatic heterocycles. The van der Waals surface area contributed by atoms with Crippen molar-refractivity contribution < 1.29 is 0 Å². The number of hydrogen-bond acceptors (Lipinski definition) is 2. The topological polar surface area (TPSA) is 51.6 Å². The van der Waals surface area contributed by atoms with Crippen LogP contribution in [0.15, 0.2) is 42.6 Å². The zero-order chi connectivity index (χ0) is 10.5. The molecule has 3 nitrogen and oxygen atoms in total. The number of nitrogens with zero attached hydrogens (tertiary/aromatic N) is 1. The highest BCUT2D eigenvalue weighted by atomic mass is 14.9. The maximum atomic E-state index is 8.88. The summed E-state index contributed by atoms with van der Waals surface area (Å²) < 4.78 is 0. The van der Waals surface area contributed by atoms with E-state index in [-0.39, 0.29) is 0 Å². The molecule has 0 radical (unpaired) electrons. The Morgan fingerprint density at radius 3 is 2.80 bits per heavy atom. The molecule has 0 saturated heterocycles. The van der Waals surface area contributed by atoms with E-state index in [1.165, 1.54) is 0 Å². The van der Waals surface area contributed by atoms with Gasteiger partial charge in [-0.3, -0.25) is 0 Å². The van der Waals surface area contributed by atoms with Crippen molar-refractivity contribution in [3.63, 3.8) is 0 Å². The summed E-state index contributed by atoms with van der Waals surface area (Å²) in [6.45, 7) is 0.700. The van der Waals surface area contributed by atoms with Crippen molar-refractivity contribution in [2.45, 2.75) is 6.54 Å². The molecule has 15 heavy (non-hydrogen) atoms. The molecule has 0 amide bonds. The Hall–Kier alpha value is -2.21. The van der Waals surface area contributed by atoms with Gasteiger partial charge in [0.2, 0.25) is 0 Å². The molecule has 0 aliphatic heterocycles. The second kappa shape index (κ2) is 4.34. The molecule has 0 unspecified atom stereocenters. The molecule has 0 bridgehead atoms. The maximum Gasteiger partial charge on any atom is 0.101 e. The Kier molecular flexibility index (Phi) is 2.70. The van der Waals surface area contributed by atoms with E-state index in [0.29, 0.717) is 12.1 Å². The van der Waals surface area contributed by atoms with Gasteiger partial charge < -0.3 is 10.3 Å². The molecule has 0 aliphatic carbocycles. The summed E-state index contributed by atoms with van der Waals surface area (Å²) in [7, 11) is 0. The van der Waals surface area contributed by atoms with Gasteiger partial charge >= 0.3 is 0 Å². The number of aromatic nitrogens is 1. The molecular formula is C12H11N3. The molecule has 0 atom stereocenters. The van der Waals surface area contributed by atoms with Crippen LogP contribution in [0.25, 0.3) is 0 Å². The van der Waals surface area contributed by atoms with E-state index in [4.69, 9.17) is 5.26 Å². The number of nitriles is 1. The standard InChI is InChI=1S/C12H11N3/c13-8-10-4-1-2-6-12(10)15-9-11-5-3-7-14-11/h1-7,14-15H,9H2. The predicted octanol–water partition coefficient (Wildman–Crippen LogP) is 2.50. The molecule has 3 heteroatoms. The van der Waals surface area contributed by atoms with Gasteiger partial charge in [0.15, 0.2) is 0 Å². The van der Waals surface area contributed by atoms with Crippen LogP contribution in [-0.2, 0) is 6.54 Å². The smallest absolute Gasteiger partial charge is 0.101 e. The first-order valence-electron chi connectivity index (χ1n) is 4.75. The van der Waals surface area contributed by atoms with Gasteiger partial charge in [-0.2, -0.15) is 5.26 Å². The summed E-state index contributed by atoms with van der Waals surface area (Å²) in [5.41, 5.74) is 2.64. The van der Waals surface area contributed by atoms with E-state index in [9.17, 15) is 0 Å². The molecule has 2 aromatic rings. The monoisotopic (exact) mass is 197 g/mol. The fraction of sp³-hybridized carbons (Fsp3) is 0.0833. The lowest BCUT2D eigenvalue weighted by Crippen LogP contribution is -2.01. The van der Waals surface area contributed by atoms with Crippen molar-refractivity contribution in [3.05, 3.63) is 53.9 Å². The van der Waals surface area contributed by atoms with Gasteiger partial charge in [0.25, 0.3) is 0 Å². The van der Waals surface area contributed by atoms with Crippen LogP contribution in [0.1, 0.15) is 11.3 Å². The Bertz CT molecular complexity index is 466. The Labute approximate surface area is 88.4 Å². The highest BCUT2D eigenvalue weighted by Crippen LogP contribution is 2.14. The van der Waals surface area contributed by atoms with Crippen molar-refractivity contribution in [3.8, 4) is 6.07 Å². The first-order valence-corrected chi connectivity index (χ1v) is 4.75. The van der Waals surface area contributed by atoms with Gasteiger partial charge in [0, 0.05) is 11.9 Å². The van der Waals surface area contributed by atoms with E-state index in [2.05, 4.69) is 16.4 Å². The van der Waals surface area contributed by atoms with Gasteiger partial charge in [-0.1, -0.05) is 12.1 Å². The molecule has 74 valence electrons. The number of rotatable bonds is 3. The van der Waals surface area contributed by atoms with Gasteiger partial charge in [-0.25, -0.2) is 0 Å². The quantitative estimate of drug-likeness (QED) is 0.794. The zero-order valence-electron chi connectivity index (χ0n) is 8.20. The highest BCUT2D eigenvalue weighted by molar-refractivity contribution is 5.57. The molecule has 1 heterocycles. The van der Waals surface area contributed by atoms with Crippen molar-refractivity contribution in [2.75, 3.05) is 5.32 Å². The van der Waals surface area contributed by atoms with Crippen molar-refractivity contribution in [1.29, 1.82) is 5.26 Å². The van der Waals surface area contributed by atoms with Gasteiger partial charge in [0.05, 0.1) is 17.8 Å². The summed E-state index contributed by atoms with van der Waals surface area (Å²) in [4.78, 5) is 3.10. The highest BCUT2D eigenvalue weighted by Gasteiger charge is 1.99. The first kappa shape index (κ1) is 9.35. The minimum atomic E-state index is 0.670. The average Bonchev–Trinajstić information content (AvgIpc) is 2.79. The molecule has 0 fully saturated rings. The van der Waals surface area contributed by atoms with Crippen LogP contribution in [0.5, 0.6) is 0 Å². The number of aromatic amines is 1. The largest absolute Gasteiger partial charge is 0.378 e. The summed E-state index contributed by atoms with van der Waals surface area (Å²) in [6.07, 6.45) is 1.88. The SMILES string of the molecule is N#Cc1ccccc1NCc1ccc[nH]1. The molecule has 0 spiro atoms. The van der Waals surface area contributed by atoms with E-state index >= 15 is 0 Å². The fourth-order valence-electron chi connectivity index (χ4n) is 1.40. The number of hydrogen-bond donors (Lipinski definition) is 2. The third-order valence-electron chi connectivity index (χ3n) is 2.18. The van der Waals surface area contributed by atoms with Crippen LogP contribution in [0, 0.1) is 11.3 Å². The molecular weight excluding hydrogens is 186 g/mol. The third kappa shape index (κ3) is 2.18. The van der Waals surface area contributed by atoms with Crippen LogP contribution >= 0.6 is 0 Å². The third-order valence-corrected chi connectivity index (χ3v) is 2.18. The second-order valence-corrected chi connectivity index (χ2v) is 3.21. The van der Waals surface area contributed by atoms with E-state index < -0.39 is 0 Å². The summed E-state index contributed by atoms with van der Waals surface area (Å²) in [6, 6.07) is 13.6. The second-order valence-electron chi connectivity index (χ2n) is 3.21. The van der Waals surface area contributed by atoms with Crippen LogP contribution in [0.2, 0.25) is 0 Å². The van der Waals surface area contributed by atoms with Crippen molar-refractivity contribution >= 4 is 5.69 Å². The van der Waals surface area contributed by atoms with Gasteiger partial charge in [-0.15, -0.1) is 0 Å². The molecule has 0 saturated carbocycles. The summed E-state index contributed by atoms with van der Waals surface area (Å²) >= 11 is 0. The van der Waals surface area contributed by atoms with E-state index in [1.807, 2.05) is 36.5 Å². The number of H-pyrrole nitrogens is 1. The molecule has 2 N–H and O–H groups in total. The van der Waals surface area contributed by atoms with Crippen LogP contribution in [0.4, 0.5) is 5.69 Å². The fourth-order valence-corrected chi connectivity index (χ4v) is 1.40. The minimum Gasteiger partial charge on any atom is -0.378 e. The summed E-state index contributed by atoms with van der Waals surface area (Å²) in [5.74, 6) is 0. The minimum absolute atomic E-state index is 0.670. The predicted molar refractivity (Wildman–Crippen MR) is 59.3 cm³/mol. The van der Waals surface area contributed by atoms with E-state index in [1.54, 1.807) is 6.07 Å². The van der Waals surface area contributed by atoms with Crippen molar-refractivity contribution in [1.82, 2.24) is 4.98 Å². The Balaban J connectivity index is 2.08. The number of benzene rings is 1. The first-order chi connectivity index (χ1) is 7.40. The molecule has 2 rings (SSSR count). The van der Waals surface area contributed by atoms with Crippen molar-refractivity contribution in [2.24, 2.45) is 0 Å². The molecule has 0 aliphatic rings. The maximum absolute atomic E-state index is 8.88. The molecule has 1 aromatic carbocycles. The lowest BCUT2D eigenvalue weighted by molar-refractivity contribution is 1.07. The lowest BCUT2D eigenvalue weighted by Gasteiger charge is -2.06. The average molecular weight is 197 g/mol. The number of para-hydroxylation sites is 1. The summed E-state index contributed by atoms with van der Waals surface area (Å²) in [5, 5.41) is 12.1. The zero-order valence-corrected chi connectivity index (χ0v) is 8.20. The van der Waals surface area contributed by atoms with Crippen LogP contribution in [-0.4, -0.2) is 4.98 Å². The van der Waals surface area contributed by atoms with Crippen LogP contribution in [0.3, 0.4) is 0 Å². The Morgan fingerprint density at radius 1 is 1.20 bits per heavy atom. The van der Waals surface area contributed by atoms with Crippen LogP contribution < -0.4 is 5.32 Å². The van der Waals surface area contributed by atoms with Gasteiger partial charge in [0.1, 0.15) is 6.07 Å². The number of anilines is 1. The van der Waals surface area contributed by atoms with E-state index in [0.717, 1.165) is 11.4 Å². The van der Waals surface area contributed by atoms with Gasteiger partial charge in [-0.05, 0) is 24.3 Å². The lowest BCUT2D eigenvalue weighted by atomic mass is 10.2. The normalized spacial score (nSPS) is 9.53. The number of nitrogens with one attached hydrogen (secondary N) is 2.